The molecule has 1 aliphatic carbocycles. The third-order valence-corrected chi connectivity index (χ3v) is 18.0. The first-order valence-corrected chi connectivity index (χ1v) is 32.1. The number of H-pyrrole nitrogens is 1. The van der Waals surface area contributed by atoms with Crippen LogP contribution in [0.15, 0.2) is 28.2 Å². The molecule has 27 N–H and O–H groups in total. The van der Waals surface area contributed by atoms with Gasteiger partial charge in [-0.3, -0.25) is 38.3 Å². The van der Waals surface area contributed by atoms with Gasteiger partial charge < -0.3 is 136 Å². The molecule has 3 aliphatic heterocycles. The van der Waals surface area contributed by atoms with E-state index in [2.05, 4.69) is 30.6 Å². The number of hydrogen-bond acceptors (Lipinski definition) is 32. The van der Waals surface area contributed by atoms with Crippen molar-refractivity contribution in [2.75, 3.05) is 86.8 Å². The highest BCUT2D eigenvalue weighted by molar-refractivity contribution is 8.00. The maximum atomic E-state index is 13.8. The number of primary amides is 1. The molecule has 5 amide bonds. The average molecular weight is 1350 g/mol. The zero-order chi connectivity index (χ0) is 67.1. The van der Waals surface area contributed by atoms with Crippen LogP contribution in [-0.4, -0.2) is 291 Å². The minimum atomic E-state index is -1.59. The Kier molecular flexibility index (Phi) is 27.6. The quantitative estimate of drug-likeness (QED) is 0.0252. The van der Waals surface area contributed by atoms with E-state index in [-0.39, 0.29) is 86.0 Å². The second-order valence-corrected chi connectivity index (χ2v) is 24.9. The van der Waals surface area contributed by atoms with Crippen LogP contribution in [0.3, 0.4) is 0 Å². The lowest BCUT2D eigenvalue weighted by Crippen LogP contribution is -2.68. The number of fused-ring (bicyclic) bond motifs is 1. The molecule has 516 valence electrons. The van der Waals surface area contributed by atoms with Gasteiger partial charge in [0.25, 0.3) is 5.56 Å². The number of ether oxygens (including phenoxy) is 6. The van der Waals surface area contributed by atoms with Crippen molar-refractivity contribution in [1.82, 2.24) is 49.5 Å². The highest BCUT2D eigenvalue weighted by atomic mass is 32.2. The van der Waals surface area contributed by atoms with Gasteiger partial charge in [-0.1, -0.05) is 12.8 Å². The summed E-state index contributed by atoms with van der Waals surface area (Å²) in [4.78, 5) is 106. The minimum Gasteiger partial charge on any atom is -0.389 e. The van der Waals surface area contributed by atoms with Crippen molar-refractivity contribution in [3.8, 4) is 0 Å². The Morgan fingerprint density at radius 1 is 0.663 bits per heavy atom. The number of hydrogen-bond donors (Lipinski definition) is 18. The van der Waals surface area contributed by atoms with Crippen LogP contribution in [-0.2, 0) is 65.5 Å². The van der Waals surface area contributed by atoms with Crippen LogP contribution in [0.2, 0.25) is 0 Å². The SMILES string of the molecule is NC[C@@H]1O[C@H](O[C@H]2[C@@H](O)[C@H](O[C@@H]3[C@@H](O)[C@H](N)C[C@H](N)[C@H]3O[C@H]3O[C@H](CN)[C@@H](O)[C@H](O)[C@H]3N)O[C@@H]2CSCCCCCCSCC(=O)NCCN(CC(=O)NCCN(CC(N)=O)C(=O)Cn2ccc(N)nc2=O)C(=O)Cn2cnc3c(=O)[nH]c(N)nc32)[C@H](N)[C@@H](O)[C@@H]1O. The summed E-state index contributed by atoms with van der Waals surface area (Å²) >= 11 is 2.87. The summed E-state index contributed by atoms with van der Waals surface area (Å²) in [5, 5.41) is 71.0. The monoisotopic (exact) mass is 1350 g/mol. The number of imidazole rings is 1. The number of anilines is 2. The van der Waals surface area contributed by atoms with Gasteiger partial charge in [0.05, 0.1) is 49.5 Å². The number of carbonyl (C=O) groups is 5. The first-order valence-electron chi connectivity index (χ1n) is 29.8. The summed E-state index contributed by atoms with van der Waals surface area (Å²) in [6.45, 7) is -3.01. The molecule has 0 unspecified atom stereocenters. The Morgan fingerprint density at radius 3 is 1.82 bits per heavy atom. The number of aromatic nitrogens is 6. The molecule has 3 aromatic rings. The largest absolute Gasteiger partial charge is 0.389 e. The number of carbonyl (C=O) groups excluding carboxylic acids is 5. The Morgan fingerprint density at radius 2 is 1.22 bits per heavy atom. The number of aliphatic hydroxyl groups is 6. The summed E-state index contributed by atoms with van der Waals surface area (Å²) in [5.41, 5.74) is 52.0. The summed E-state index contributed by atoms with van der Waals surface area (Å²) in [5.74, 6) is -1.88. The van der Waals surface area contributed by atoms with E-state index in [1.54, 1.807) is 0 Å². The molecule has 0 radical (unpaired) electrons. The van der Waals surface area contributed by atoms with E-state index < -0.39 is 177 Å². The van der Waals surface area contributed by atoms with Gasteiger partial charge in [0.2, 0.25) is 35.5 Å². The molecule has 92 heavy (non-hydrogen) atoms. The lowest BCUT2D eigenvalue weighted by atomic mass is 9.84. The number of amides is 5. The fourth-order valence-corrected chi connectivity index (χ4v) is 12.6. The van der Waals surface area contributed by atoms with Gasteiger partial charge in [-0.25, -0.2) is 9.78 Å². The zero-order valence-corrected chi connectivity index (χ0v) is 51.9. The molecule has 4 aliphatic rings. The number of aliphatic hydroxyl groups excluding tert-OH is 6. The molecule has 4 fully saturated rings. The molecule has 3 aromatic heterocycles. The summed E-state index contributed by atoms with van der Waals surface area (Å²) in [6.07, 6.45) is -14.3. The molecule has 6 heterocycles. The Labute approximate surface area is 534 Å². The van der Waals surface area contributed by atoms with Gasteiger partial charge in [-0.05, 0) is 36.8 Å². The summed E-state index contributed by atoms with van der Waals surface area (Å²) in [7, 11) is 0. The van der Waals surface area contributed by atoms with E-state index in [9.17, 15) is 64.2 Å². The third-order valence-electron chi connectivity index (χ3n) is 15.8. The number of nitrogens with two attached hydrogens (primary N) is 9. The highest BCUT2D eigenvalue weighted by Gasteiger charge is 2.54. The number of thioether (sulfide) groups is 2. The van der Waals surface area contributed by atoms with E-state index in [0.29, 0.717) is 11.5 Å². The number of unbranched alkanes of at least 4 members (excludes halogenated alkanes) is 3. The predicted molar refractivity (Wildman–Crippen MR) is 328 cm³/mol. The number of rotatable bonds is 33. The van der Waals surface area contributed by atoms with E-state index >= 15 is 0 Å². The first kappa shape index (κ1) is 73.6. The van der Waals surface area contributed by atoms with E-state index in [4.69, 9.17) is 80.0 Å². The average Bonchev–Trinajstić information content (AvgIpc) is 1.43. The number of aromatic amines is 1. The van der Waals surface area contributed by atoms with E-state index in [1.807, 2.05) is 0 Å². The van der Waals surface area contributed by atoms with Gasteiger partial charge in [0.15, 0.2) is 30.0 Å². The second-order valence-electron chi connectivity index (χ2n) is 22.7. The summed E-state index contributed by atoms with van der Waals surface area (Å²) in [6, 6.07) is -3.07. The fourth-order valence-electron chi connectivity index (χ4n) is 10.7. The molecule has 3 saturated heterocycles. The molecule has 0 aromatic carbocycles. The van der Waals surface area contributed by atoms with Crippen LogP contribution in [0.5, 0.6) is 0 Å². The number of nitrogens with one attached hydrogen (secondary N) is 3. The van der Waals surface area contributed by atoms with Crippen molar-refractivity contribution in [2.24, 2.45) is 40.1 Å². The van der Waals surface area contributed by atoms with Gasteiger partial charge in [0, 0.05) is 63.3 Å². The minimum absolute atomic E-state index is 0.0119. The molecule has 0 spiro atoms. The number of nitrogens with zero attached hydrogens (tertiary/aromatic N) is 7. The molecule has 7 rings (SSSR count). The van der Waals surface area contributed by atoms with Crippen molar-refractivity contribution in [3.05, 3.63) is 39.4 Å². The van der Waals surface area contributed by atoms with Gasteiger partial charge in [0.1, 0.15) is 79.9 Å². The maximum absolute atomic E-state index is 13.8. The zero-order valence-electron chi connectivity index (χ0n) is 50.3. The topological polar surface area (TPSA) is 625 Å². The van der Waals surface area contributed by atoms with Crippen LogP contribution in [0.1, 0.15) is 32.1 Å². The van der Waals surface area contributed by atoms with Crippen LogP contribution in [0, 0.1) is 0 Å². The Bertz CT molecular complexity index is 3050. The van der Waals surface area contributed by atoms with Crippen LogP contribution in [0.4, 0.5) is 11.8 Å². The molecular formula is C52H87N19O19S2. The van der Waals surface area contributed by atoms with Crippen molar-refractivity contribution >= 4 is 76.0 Å². The second kappa shape index (κ2) is 34.5. The van der Waals surface area contributed by atoms with Crippen molar-refractivity contribution in [1.29, 1.82) is 0 Å². The van der Waals surface area contributed by atoms with Gasteiger partial charge in [-0.15, -0.1) is 0 Å². The maximum Gasteiger partial charge on any atom is 0.349 e. The molecular weight excluding hydrogens is 1260 g/mol. The lowest BCUT2D eigenvalue weighted by Gasteiger charge is -2.47. The fraction of sp³-hybridized carbons (Fsp3) is 0.731. The highest BCUT2D eigenvalue weighted by Crippen LogP contribution is 2.36. The van der Waals surface area contributed by atoms with Gasteiger partial charge >= 0.3 is 5.69 Å². The molecule has 40 heteroatoms. The van der Waals surface area contributed by atoms with Crippen molar-refractivity contribution < 1.29 is 83.0 Å². The first-order chi connectivity index (χ1) is 43.8. The number of nitrogen functional groups attached to an aromatic ring is 2. The van der Waals surface area contributed by atoms with E-state index in [0.717, 1.165) is 40.1 Å². The van der Waals surface area contributed by atoms with Gasteiger partial charge in [-0.2, -0.15) is 33.5 Å². The summed E-state index contributed by atoms with van der Waals surface area (Å²) < 4.78 is 38.9. The van der Waals surface area contributed by atoms with Crippen molar-refractivity contribution in [2.45, 2.75) is 161 Å². The Balaban J connectivity index is 0.870. The standard InChI is InChI=1S/C52H87N19O19S2/c53-14-25-38(78)40(80)34(59)48(85-25)88-43-24(56)13-23(55)37(77)45(43)90-50-42(82)44(89-49-35(60)41(81)39(79)26(15-54)86-49)27(87-50)20-91-11-3-1-2-4-12-92-21-31(74)63-7-10-69(33(76)19-71-22-64-36-46(71)66-51(61)67-47(36)83)17-30(73)62-6-9-68(16-29(58)72)32(75)18-70-8-5-28(57)65-52(70)84/h5,8,22-27,34-35,37-45,48-50,77-82H,1-4,6-7,9-21,53-56,59-60H2,(H2,58,72)(H,62,73)(H,63,74)(H2,57,65,84)(H3,61,66,67,83)/t23-,24+,25-,26+,27-,34-,35-,37+,38-,39-,40-,41-,42-,43-,44-,45-,48-,49-,50+/m1/s1. The molecule has 0 bridgehead atoms. The van der Waals surface area contributed by atoms with Crippen LogP contribution < -0.4 is 73.5 Å². The van der Waals surface area contributed by atoms with E-state index in [1.165, 1.54) is 46.7 Å². The predicted octanol–water partition coefficient (Wildman–Crippen LogP) is -10.9. The lowest BCUT2D eigenvalue weighted by molar-refractivity contribution is -0.306. The smallest absolute Gasteiger partial charge is 0.349 e. The normalized spacial score (nSPS) is 30.7. The van der Waals surface area contributed by atoms with Crippen molar-refractivity contribution in [3.63, 3.8) is 0 Å². The molecule has 1 saturated carbocycles. The molecule has 19 atom stereocenters. The third kappa shape index (κ3) is 19.4. The van der Waals surface area contributed by atoms with Crippen LogP contribution in [0.25, 0.3) is 11.2 Å². The van der Waals surface area contributed by atoms with Crippen LogP contribution >= 0.6 is 23.5 Å². The Hall–Kier alpha value is -5.84. The molecule has 38 nitrogen and oxygen atoms in total.